The number of unbranched alkanes of at least 4 members (excludes halogenated alkanes) is 1. The summed E-state index contributed by atoms with van der Waals surface area (Å²) >= 11 is 0. The highest BCUT2D eigenvalue weighted by Gasteiger charge is 2.32. The number of esters is 1. The van der Waals surface area contributed by atoms with Crippen molar-refractivity contribution in [2.75, 3.05) is 6.61 Å². The van der Waals surface area contributed by atoms with E-state index in [4.69, 9.17) is 4.74 Å². The lowest BCUT2D eigenvalue weighted by Crippen LogP contribution is -2.37. The van der Waals surface area contributed by atoms with Crippen LogP contribution in [0.4, 0.5) is 8.78 Å². The second-order valence-corrected chi connectivity index (χ2v) is 11.7. The number of hydrogen-bond acceptors (Lipinski definition) is 2. The molecule has 0 unspecified atom stereocenters. The van der Waals surface area contributed by atoms with Crippen LogP contribution in [0.5, 0.6) is 0 Å². The molecule has 0 heterocycles. The van der Waals surface area contributed by atoms with Gasteiger partial charge in [0.05, 0.1) is 21.1 Å². The van der Waals surface area contributed by atoms with Crippen LogP contribution in [-0.2, 0) is 15.5 Å². The van der Waals surface area contributed by atoms with Crippen LogP contribution in [0.1, 0.15) is 38.2 Å². The van der Waals surface area contributed by atoms with Gasteiger partial charge in [-0.2, -0.15) is 0 Å². The molecule has 0 aliphatic carbocycles. The number of ether oxygens (including phenoxy) is 1. The maximum absolute atomic E-state index is 14.1. The van der Waals surface area contributed by atoms with Crippen LogP contribution in [0, 0.1) is 0 Å². The third-order valence-corrected chi connectivity index (χ3v) is 5.64. The molecule has 0 bridgehead atoms. The average molecular weight is 328 g/mol. The van der Waals surface area contributed by atoms with E-state index in [0.717, 1.165) is 18.0 Å². The number of carbonyl (C=O) groups excluding carboxylic acids is 1. The standard InChI is InChI=1S/C17H26F2O2Si/c1-5-6-13-21-16(20)11-12-17(18,19)14-7-9-15(10-8-14)22(2,3)4/h7-10H,5-6,11-13H2,1-4H3. The van der Waals surface area contributed by atoms with Gasteiger partial charge >= 0.3 is 5.97 Å². The molecule has 0 fully saturated rings. The highest BCUT2D eigenvalue weighted by molar-refractivity contribution is 6.88. The summed E-state index contributed by atoms with van der Waals surface area (Å²) in [6.45, 7) is 8.81. The first-order valence-electron chi connectivity index (χ1n) is 7.81. The maximum Gasteiger partial charge on any atom is 0.306 e. The highest BCUT2D eigenvalue weighted by Crippen LogP contribution is 2.32. The molecule has 2 nitrogen and oxygen atoms in total. The molecule has 0 radical (unpaired) electrons. The first-order valence-corrected chi connectivity index (χ1v) is 11.3. The van der Waals surface area contributed by atoms with Gasteiger partial charge in [-0.25, -0.2) is 8.78 Å². The summed E-state index contributed by atoms with van der Waals surface area (Å²) in [5.41, 5.74) is -0.0316. The zero-order chi connectivity index (χ0) is 16.8. The minimum absolute atomic E-state index is 0.0316. The third kappa shape index (κ3) is 5.87. The molecular formula is C17H26F2O2Si. The predicted octanol–water partition coefficient (Wildman–Crippen LogP) is 4.45. The Morgan fingerprint density at radius 1 is 1.18 bits per heavy atom. The SMILES string of the molecule is CCCCOC(=O)CCC(F)(F)c1ccc([Si](C)(C)C)cc1. The highest BCUT2D eigenvalue weighted by atomic mass is 28.3. The summed E-state index contributed by atoms with van der Waals surface area (Å²) in [4.78, 5) is 11.4. The monoisotopic (exact) mass is 328 g/mol. The van der Waals surface area contributed by atoms with Crippen LogP contribution in [0.25, 0.3) is 0 Å². The molecule has 22 heavy (non-hydrogen) atoms. The normalized spacial score (nSPS) is 12.3. The smallest absolute Gasteiger partial charge is 0.306 e. The van der Waals surface area contributed by atoms with Gasteiger partial charge in [-0.3, -0.25) is 4.79 Å². The van der Waals surface area contributed by atoms with Gasteiger partial charge in [-0.15, -0.1) is 0 Å². The molecule has 0 amide bonds. The molecule has 0 aliphatic heterocycles. The number of carbonyl (C=O) groups is 1. The Balaban J connectivity index is 2.60. The Labute approximate surface area is 132 Å². The first kappa shape index (κ1) is 18.8. The lowest BCUT2D eigenvalue weighted by atomic mass is 10.0. The Morgan fingerprint density at radius 2 is 1.77 bits per heavy atom. The molecule has 1 rings (SSSR count). The number of hydrogen-bond donors (Lipinski definition) is 0. The van der Waals surface area contributed by atoms with Crippen molar-refractivity contribution >= 4 is 19.2 Å². The van der Waals surface area contributed by atoms with Crippen LogP contribution in [-0.4, -0.2) is 20.7 Å². The van der Waals surface area contributed by atoms with Crippen LogP contribution in [0.15, 0.2) is 24.3 Å². The van der Waals surface area contributed by atoms with Crippen LogP contribution in [0.3, 0.4) is 0 Å². The first-order chi connectivity index (χ1) is 10.2. The second kappa shape index (κ2) is 7.86. The second-order valence-electron chi connectivity index (χ2n) is 6.61. The summed E-state index contributed by atoms with van der Waals surface area (Å²) in [6.07, 6.45) is 0.907. The molecule has 124 valence electrons. The lowest BCUT2D eigenvalue weighted by Gasteiger charge is -2.20. The van der Waals surface area contributed by atoms with Crippen LogP contribution < -0.4 is 5.19 Å². The van der Waals surface area contributed by atoms with Crippen molar-refractivity contribution in [3.8, 4) is 0 Å². The Hall–Kier alpha value is -1.23. The van der Waals surface area contributed by atoms with E-state index in [1.807, 2.05) is 6.92 Å². The molecule has 0 atom stereocenters. The molecule has 0 aliphatic rings. The predicted molar refractivity (Wildman–Crippen MR) is 88.4 cm³/mol. The van der Waals surface area contributed by atoms with Crippen molar-refractivity contribution in [2.24, 2.45) is 0 Å². The zero-order valence-corrected chi connectivity index (χ0v) is 14.9. The van der Waals surface area contributed by atoms with Gasteiger partial charge in [0, 0.05) is 12.0 Å². The van der Waals surface area contributed by atoms with E-state index in [9.17, 15) is 13.6 Å². The van der Waals surface area contributed by atoms with Crippen LogP contribution >= 0.6 is 0 Å². The summed E-state index contributed by atoms with van der Waals surface area (Å²) < 4.78 is 33.2. The van der Waals surface area contributed by atoms with Gasteiger partial charge in [0.1, 0.15) is 0 Å². The van der Waals surface area contributed by atoms with Gasteiger partial charge < -0.3 is 4.74 Å². The molecule has 0 saturated heterocycles. The van der Waals surface area contributed by atoms with Crippen molar-refractivity contribution in [2.45, 2.75) is 58.2 Å². The van der Waals surface area contributed by atoms with Crippen molar-refractivity contribution in [3.63, 3.8) is 0 Å². The maximum atomic E-state index is 14.1. The average Bonchev–Trinajstić information content (AvgIpc) is 2.45. The molecule has 0 N–H and O–H groups in total. The van der Waals surface area contributed by atoms with Crippen molar-refractivity contribution < 1.29 is 18.3 Å². The minimum atomic E-state index is -3.00. The summed E-state index contributed by atoms with van der Waals surface area (Å²) in [5.74, 6) is -3.55. The molecule has 0 saturated carbocycles. The van der Waals surface area contributed by atoms with E-state index in [0.29, 0.717) is 6.61 Å². The van der Waals surface area contributed by atoms with E-state index in [1.54, 1.807) is 12.1 Å². The number of alkyl halides is 2. The fraction of sp³-hybridized carbons (Fsp3) is 0.588. The van der Waals surface area contributed by atoms with Gasteiger partial charge in [-0.05, 0) is 6.42 Å². The van der Waals surface area contributed by atoms with Crippen LogP contribution in [0.2, 0.25) is 19.6 Å². The largest absolute Gasteiger partial charge is 0.466 e. The van der Waals surface area contributed by atoms with Crippen molar-refractivity contribution in [1.29, 1.82) is 0 Å². The Bertz CT molecular complexity index is 478. The minimum Gasteiger partial charge on any atom is -0.466 e. The van der Waals surface area contributed by atoms with Gasteiger partial charge in [-0.1, -0.05) is 62.4 Å². The third-order valence-electron chi connectivity index (χ3n) is 3.58. The van der Waals surface area contributed by atoms with E-state index in [-0.39, 0.29) is 12.0 Å². The Morgan fingerprint density at radius 3 is 2.27 bits per heavy atom. The van der Waals surface area contributed by atoms with E-state index in [2.05, 4.69) is 19.6 Å². The molecule has 1 aromatic rings. The summed E-state index contributed by atoms with van der Waals surface area (Å²) in [7, 11) is -1.49. The van der Waals surface area contributed by atoms with E-state index >= 15 is 0 Å². The van der Waals surface area contributed by atoms with Gasteiger partial charge in [0.25, 0.3) is 5.92 Å². The quantitative estimate of drug-likeness (QED) is 0.400. The van der Waals surface area contributed by atoms with E-state index in [1.165, 1.54) is 12.1 Å². The van der Waals surface area contributed by atoms with E-state index < -0.39 is 26.4 Å². The molecular weight excluding hydrogens is 302 g/mol. The van der Waals surface area contributed by atoms with Crippen molar-refractivity contribution in [1.82, 2.24) is 0 Å². The fourth-order valence-electron chi connectivity index (χ4n) is 2.02. The lowest BCUT2D eigenvalue weighted by molar-refractivity contribution is -0.146. The number of halogens is 2. The summed E-state index contributed by atoms with van der Waals surface area (Å²) in [6, 6.07) is 6.54. The molecule has 1 aromatic carbocycles. The van der Waals surface area contributed by atoms with Gasteiger partial charge in [0.2, 0.25) is 0 Å². The number of rotatable bonds is 8. The fourth-order valence-corrected chi connectivity index (χ4v) is 3.19. The number of benzene rings is 1. The topological polar surface area (TPSA) is 26.3 Å². The van der Waals surface area contributed by atoms with Gasteiger partial charge in [0.15, 0.2) is 0 Å². The molecule has 5 heteroatoms. The Kier molecular flexibility index (Phi) is 6.72. The molecule has 0 aromatic heterocycles. The van der Waals surface area contributed by atoms with Crippen molar-refractivity contribution in [3.05, 3.63) is 29.8 Å². The zero-order valence-electron chi connectivity index (χ0n) is 13.9. The molecule has 0 spiro atoms. The summed E-state index contributed by atoms with van der Waals surface area (Å²) in [5, 5.41) is 1.14.